The maximum atomic E-state index is 13.4. The molecule has 8 heteroatoms. The first-order chi connectivity index (χ1) is 13.5. The topological polar surface area (TPSA) is 81.3 Å². The number of hydrogen-bond acceptors (Lipinski definition) is 5. The molecule has 4 aromatic rings. The summed E-state index contributed by atoms with van der Waals surface area (Å²) < 4.78 is 19.2. The smallest absolute Gasteiger partial charge is 0.271 e. The lowest BCUT2D eigenvalue weighted by atomic mass is 10.1. The van der Waals surface area contributed by atoms with Crippen LogP contribution in [0.25, 0.3) is 27.1 Å². The molecule has 0 radical (unpaired) electrons. The summed E-state index contributed by atoms with van der Waals surface area (Å²) in [5.74, 6) is -0.212. The highest BCUT2D eigenvalue weighted by molar-refractivity contribution is 6.31. The van der Waals surface area contributed by atoms with E-state index in [0.29, 0.717) is 28.0 Å². The minimum absolute atomic E-state index is 0.0205. The van der Waals surface area contributed by atoms with Gasteiger partial charge < -0.3 is 20.3 Å². The summed E-state index contributed by atoms with van der Waals surface area (Å²) in [7, 11) is 0. The van der Waals surface area contributed by atoms with E-state index in [1.165, 1.54) is 18.2 Å². The molecule has 0 atom stereocenters. The standard InChI is InChI=1S/C20H13ClFN5O/c1-10-7-11(5-6-25-10)17-19-13(9-16(24-2)27-17)18(20(23)28-19)26-12-3-4-15(22)14(21)8-12/h3-9,26H,23H2,1H3. The van der Waals surface area contributed by atoms with Crippen molar-refractivity contribution in [2.45, 2.75) is 6.92 Å². The summed E-state index contributed by atoms with van der Waals surface area (Å²) in [4.78, 5) is 12.0. The van der Waals surface area contributed by atoms with E-state index in [4.69, 9.17) is 28.3 Å². The average Bonchev–Trinajstić information content (AvgIpc) is 2.99. The number of benzene rings is 1. The zero-order valence-corrected chi connectivity index (χ0v) is 15.4. The molecule has 0 aliphatic carbocycles. The van der Waals surface area contributed by atoms with Crippen molar-refractivity contribution in [2.24, 2.45) is 0 Å². The number of anilines is 3. The summed E-state index contributed by atoms with van der Waals surface area (Å²) >= 11 is 5.85. The van der Waals surface area contributed by atoms with Crippen LogP contribution >= 0.6 is 11.6 Å². The Labute approximate surface area is 164 Å². The molecule has 0 saturated heterocycles. The average molecular weight is 394 g/mol. The quantitative estimate of drug-likeness (QED) is 0.425. The number of hydrogen-bond donors (Lipinski definition) is 2. The summed E-state index contributed by atoms with van der Waals surface area (Å²) in [5, 5.41) is 3.66. The van der Waals surface area contributed by atoms with Crippen LogP contribution in [0.3, 0.4) is 0 Å². The van der Waals surface area contributed by atoms with E-state index >= 15 is 0 Å². The second-order valence-corrected chi connectivity index (χ2v) is 6.51. The first-order valence-electron chi connectivity index (χ1n) is 8.22. The zero-order valence-electron chi connectivity index (χ0n) is 14.6. The summed E-state index contributed by atoms with van der Waals surface area (Å²) in [6.45, 7) is 9.24. The highest BCUT2D eigenvalue weighted by Crippen LogP contribution is 2.41. The first-order valence-corrected chi connectivity index (χ1v) is 8.59. The van der Waals surface area contributed by atoms with Crippen LogP contribution in [-0.2, 0) is 0 Å². The molecular weight excluding hydrogens is 381 g/mol. The van der Waals surface area contributed by atoms with Crippen LogP contribution in [0.15, 0.2) is 47.0 Å². The Kier molecular flexibility index (Phi) is 4.34. The van der Waals surface area contributed by atoms with Crippen molar-refractivity contribution in [3.8, 4) is 11.3 Å². The Bertz CT molecular complexity index is 1260. The Morgan fingerprint density at radius 1 is 1.25 bits per heavy atom. The largest absolute Gasteiger partial charge is 0.434 e. The third-order valence-corrected chi connectivity index (χ3v) is 4.45. The van der Waals surface area contributed by atoms with Crippen molar-refractivity contribution in [3.63, 3.8) is 0 Å². The molecule has 0 aliphatic heterocycles. The van der Waals surface area contributed by atoms with Gasteiger partial charge in [-0.3, -0.25) is 4.98 Å². The predicted molar refractivity (Wildman–Crippen MR) is 107 cm³/mol. The van der Waals surface area contributed by atoms with Gasteiger partial charge in [0.25, 0.3) is 5.82 Å². The maximum Gasteiger partial charge on any atom is 0.271 e. The van der Waals surface area contributed by atoms with E-state index in [0.717, 1.165) is 11.3 Å². The molecule has 3 aromatic heterocycles. The lowest BCUT2D eigenvalue weighted by Crippen LogP contribution is -1.94. The monoisotopic (exact) mass is 393 g/mol. The molecular formula is C20H13ClFN5O. The van der Waals surface area contributed by atoms with Gasteiger partial charge in [-0.15, -0.1) is 4.98 Å². The van der Waals surface area contributed by atoms with Crippen molar-refractivity contribution < 1.29 is 8.81 Å². The minimum atomic E-state index is -0.521. The van der Waals surface area contributed by atoms with Crippen molar-refractivity contribution in [2.75, 3.05) is 11.1 Å². The molecule has 0 fully saturated rings. The van der Waals surface area contributed by atoms with E-state index in [-0.39, 0.29) is 16.7 Å². The Morgan fingerprint density at radius 2 is 2.07 bits per heavy atom. The number of nitrogens with two attached hydrogens (primary N) is 1. The number of pyridine rings is 2. The summed E-state index contributed by atoms with van der Waals surface area (Å²) in [6.07, 6.45) is 1.66. The fourth-order valence-electron chi connectivity index (χ4n) is 2.90. The van der Waals surface area contributed by atoms with Gasteiger partial charge in [-0.25, -0.2) is 4.39 Å². The number of nitrogen functional groups attached to an aromatic ring is 1. The van der Waals surface area contributed by atoms with Crippen molar-refractivity contribution in [1.82, 2.24) is 9.97 Å². The number of aryl methyl sites for hydroxylation is 1. The van der Waals surface area contributed by atoms with Crippen molar-refractivity contribution >= 4 is 45.6 Å². The highest BCUT2D eigenvalue weighted by atomic mass is 35.5. The number of aromatic nitrogens is 2. The number of nitrogens with zero attached hydrogens (tertiary/aromatic N) is 3. The molecule has 0 aliphatic rings. The number of halogens is 2. The van der Waals surface area contributed by atoms with Gasteiger partial charge in [0.15, 0.2) is 5.58 Å². The molecule has 3 N–H and O–H groups in total. The SMILES string of the molecule is [C-]#[N+]c1cc2c(Nc3ccc(F)c(Cl)c3)c(N)oc2c(-c2ccnc(C)c2)n1. The Balaban J connectivity index is 1.91. The number of rotatable bonds is 3. The predicted octanol–water partition coefficient (Wildman–Crippen LogP) is 5.87. The third-order valence-electron chi connectivity index (χ3n) is 4.16. The molecule has 6 nitrogen and oxygen atoms in total. The van der Waals surface area contributed by atoms with Crippen molar-refractivity contribution in [1.29, 1.82) is 0 Å². The van der Waals surface area contributed by atoms with Gasteiger partial charge in [-0.1, -0.05) is 18.2 Å². The maximum absolute atomic E-state index is 13.4. The van der Waals surface area contributed by atoms with Crippen LogP contribution in [0.1, 0.15) is 5.69 Å². The molecule has 28 heavy (non-hydrogen) atoms. The fraction of sp³-hybridized carbons (Fsp3) is 0.0500. The van der Waals surface area contributed by atoms with E-state index in [1.54, 1.807) is 18.3 Å². The number of nitrogens with one attached hydrogen (secondary N) is 1. The van der Waals surface area contributed by atoms with Gasteiger partial charge in [-0.2, -0.15) is 0 Å². The number of furan rings is 1. The lowest BCUT2D eigenvalue weighted by Gasteiger charge is -2.06. The highest BCUT2D eigenvalue weighted by Gasteiger charge is 2.21. The van der Waals surface area contributed by atoms with Crippen LogP contribution in [0, 0.1) is 19.3 Å². The fourth-order valence-corrected chi connectivity index (χ4v) is 3.08. The van der Waals surface area contributed by atoms with E-state index in [9.17, 15) is 4.39 Å². The second-order valence-electron chi connectivity index (χ2n) is 6.10. The summed E-state index contributed by atoms with van der Waals surface area (Å²) in [6, 6.07) is 9.45. The molecule has 1 aromatic carbocycles. The van der Waals surface area contributed by atoms with Gasteiger partial charge in [-0.05, 0) is 43.3 Å². The number of fused-ring (bicyclic) bond motifs is 1. The zero-order chi connectivity index (χ0) is 19.8. The first kappa shape index (κ1) is 17.8. The van der Waals surface area contributed by atoms with E-state index < -0.39 is 5.82 Å². The van der Waals surface area contributed by atoms with Crippen LogP contribution in [0.2, 0.25) is 5.02 Å². The van der Waals surface area contributed by atoms with E-state index in [1.807, 2.05) is 13.0 Å². The van der Waals surface area contributed by atoms with Gasteiger partial charge in [0.1, 0.15) is 11.5 Å². The van der Waals surface area contributed by atoms with Crippen LogP contribution in [-0.4, -0.2) is 9.97 Å². The van der Waals surface area contributed by atoms with E-state index in [2.05, 4.69) is 20.1 Å². The molecule has 3 heterocycles. The second kappa shape index (κ2) is 6.83. The molecule has 0 bridgehead atoms. The molecule has 0 spiro atoms. The van der Waals surface area contributed by atoms with Crippen LogP contribution < -0.4 is 11.1 Å². The Hall–Kier alpha value is -3.63. The summed E-state index contributed by atoms with van der Waals surface area (Å²) in [5.41, 5.74) is 9.56. The van der Waals surface area contributed by atoms with Gasteiger partial charge in [0.05, 0.1) is 5.02 Å². The molecule has 4 rings (SSSR count). The lowest BCUT2D eigenvalue weighted by molar-refractivity contribution is 0.628. The Morgan fingerprint density at radius 3 is 2.79 bits per heavy atom. The van der Waals surface area contributed by atoms with Gasteiger partial charge >= 0.3 is 0 Å². The molecule has 138 valence electrons. The normalized spacial score (nSPS) is 10.8. The van der Waals surface area contributed by atoms with Crippen molar-refractivity contribution in [3.05, 3.63) is 70.5 Å². The molecule has 0 amide bonds. The third kappa shape index (κ3) is 3.10. The van der Waals surface area contributed by atoms with Gasteiger partial charge in [0.2, 0.25) is 11.6 Å². The minimum Gasteiger partial charge on any atom is -0.434 e. The molecule has 0 unspecified atom stereocenters. The van der Waals surface area contributed by atoms with Crippen LogP contribution in [0.4, 0.5) is 27.5 Å². The van der Waals surface area contributed by atoms with Crippen LogP contribution in [0.5, 0.6) is 0 Å². The van der Waals surface area contributed by atoms with Gasteiger partial charge in [0, 0.05) is 28.5 Å². The molecule has 0 saturated carbocycles.